The molecule has 0 spiro atoms. The van der Waals surface area contributed by atoms with Crippen molar-refractivity contribution in [2.75, 3.05) is 0 Å². The predicted octanol–water partition coefficient (Wildman–Crippen LogP) is 2.34. The minimum absolute atomic E-state index is 0.0768. The molecule has 5 heteroatoms. The van der Waals surface area contributed by atoms with Crippen molar-refractivity contribution < 1.29 is 4.79 Å². The van der Waals surface area contributed by atoms with E-state index < -0.39 is 0 Å². The molecule has 0 unspecified atom stereocenters. The smallest absolute Gasteiger partial charge is 0.261 e. The van der Waals surface area contributed by atoms with Crippen molar-refractivity contribution in [2.45, 2.75) is 13.8 Å². The Balaban J connectivity index is 2.72. The number of nitrogens with zero attached hydrogens (tertiary/aromatic N) is 3. The van der Waals surface area contributed by atoms with Crippen LogP contribution >= 0.6 is 0 Å². The lowest BCUT2D eigenvalue weighted by molar-refractivity contribution is 0.101. The molecule has 0 aliphatic rings. The molecule has 0 radical (unpaired) electrons. The van der Waals surface area contributed by atoms with Crippen LogP contribution in [0, 0.1) is 6.92 Å². The fraction of sp³-hybridized carbons (Fsp3) is 0.188. The maximum absolute atomic E-state index is 12.6. The van der Waals surface area contributed by atoms with Gasteiger partial charge in [0.1, 0.15) is 17.7 Å². The number of hydrogen-bond donors (Lipinski definition) is 0. The van der Waals surface area contributed by atoms with Crippen molar-refractivity contribution in [3.05, 3.63) is 52.2 Å². The summed E-state index contributed by atoms with van der Waals surface area (Å²) in [5.74, 6) is -0.0768. The molecule has 0 aliphatic heterocycles. The molecule has 5 nitrogen and oxygen atoms in total. The maximum atomic E-state index is 12.6. The lowest BCUT2D eigenvalue weighted by Crippen LogP contribution is -2.21. The first-order valence-corrected chi connectivity index (χ1v) is 6.59. The second-order valence-corrected chi connectivity index (χ2v) is 5.16. The van der Waals surface area contributed by atoms with Gasteiger partial charge in [0.25, 0.3) is 5.56 Å². The Kier molecular flexibility index (Phi) is 2.79. The number of ketones is 1. The molecule has 2 aromatic heterocycles. The zero-order valence-electron chi connectivity index (χ0n) is 12.2. The van der Waals surface area contributed by atoms with Crippen molar-refractivity contribution in [3.63, 3.8) is 0 Å². The van der Waals surface area contributed by atoms with Crippen molar-refractivity contribution in [1.82, 2.24) is 14.0 Å². The van der Waals surface area contributed by atoms with Gasteiger partial charge in [-0.15, -0.1) is 0 Å². The monoisotopic (exact) mass is 281 g/mol. The number of aryl methyl sites for hydroxylation is 2. The summed E-state index contributed by atoms with van der Waals surface area (Å²) in [6.07, 6.45) is 3.22. The van der Waals surface area contributed by atoms with E-state index in [-0.39, 0.29) is 11.3 Å². The zero-order valence-corrected chi connectivity index (χ0v) is 12.2. The van der Waals surface area contributed by atoms with Crippen LogP contribution in [0.2, 0.25) is 0 Å². The molecule has 21 heavy (non-hydrogen) atoms. The van der Waals surface area contributed by atoms with Gasteiger partial charge < -0.3 is 0 Å². The average Bonchev–Trinajstić information content (AvgIpc) is 2.87. The molecule has 0 N–H and O–H groups in total. The number of carbonyl (C=O) groups is 1. The summed E-state index contributed by atoms with van der Waals surface area (Å²) in [6, 6.07) is 3.61. The van der Waals surface area contributed by atoms with Crippen LogP contribution in [0.25, 0.3) is 22.6 Å². The molecule has 0 bridgehead atoms. The Morgan fingerprint density at radius 2 is 2.10 bits per heavy atom. The summed E-state index contributed by atoms with van der Waals surface area (Å²) < 4.78 is 3.32. The minimum atomic E-state index is -0.146. The molecule has 3 rings (SSSR count). The first-order chi connectivity index (χ1) is 9.95. The van der Waals surface area contributed by atoms with E-state index in [1.54, 1.807) is 36.0 Å². The normalized spacial score (nSPS) is 11.2. The first-order valence-electron chi connectivity index (χ1n) is 6.59. The molecule has 3 aromatic rings. The third-order valence-electron chi connectivity index (χ3n) is 3.69. The van der Waals surface area contributed by atoms with E-state index in [4.69, 9.17) is 0 Å². The lowest BCUT2D eigenvalue weighted by Gasteiger charge is -2.11. The number of carbonyl (C=O) groups excluding carboxylic acids is 1. The molecule has 0 amide bonds. The topological polar surface area (TPSA) is 56.4 Å². The summed E-state index contributed by atoms with van der Waals surface area (Å²) in [5.41, 5.74) is 3.12. The average molecular weight is 281 g/mol. The Hall–Kier alpha value is -2.69. The molecule has 1 aromatic carbocycles. The van der Waals surface area contributed by atoms with Crippen LogP contribution in [0.1, 0.15) is 28.5 Å². The highest BCUT2D eigenvalue weighted by Crippen LogP contribution is 2.22. The highest BCUT2D eigenvalue weighted by Gasteiger charge is 2.17. The summed E-state index contributed by atoms with van der Waals surface area (Å²) >= 11 is 0. The number of imidazole rings is 1. The molecule has 0 aliphatic carbocycles. The lowest BCUT2D eigenvalue weighted by atomic mass is 10.0. The van der Waals surface area contributed by atoms with E-state index in [1.165, 1.54) is 11.5 Å². The largest absolute Gasteiger partial charge is 0.295 e. The van der Waals surface area contributed by atoms with E-state index in [9.17, 15) is 9.59 Å². The van der Waals surface area contributed by atoms with Crippen molar-refractivity contribution >= 4 is 28.4 Å². The maximum Gasteiger partial charge on any atom is 0.261 e. The molecule has 2 heterocycles. The molecular formula is C16H15N3O2. The SMILES string of the molecule is C=Cc1ncn2c3c(C(C)=O)cc(C)cc3c(=O)n(C)c12. The van der Waals surface area contributed by atoms with Crippen molar-refractivity contribution in [3.8, 4) is 0 Å². The Labute approximate surface area is 121 Å². The van der Waals surface area contributed by atoms with E-state index in [1.807, 2.05) is 6.92 Å². The summed E-state index contributed by atoms with van der Waals surface area (Å²) in [7, 11) is 1.70. The highest BCUT2D eigenvalue weighted by atomic mass is 16.1. The standard InChI is InChI=1S/C16H15N3O2/c1-5-13-15-18(4)16(21)12-7-9(2)6-11(10(3)20)14(12)19(15)8-17-13/h5-8H,1H2,2-4H3. The van der Waals surface area contributed by atoms with E-state index >= 15 is 0 Å². The van der Waals surface area contributed by atoms with E-state index in [0.29, 0.717) is 27.8 Å². The van der Waals surface area contributed by atoms with Gasteiger partial charge >= 0.3 is 0 Å². The van der Waals surface area contributed by atoms with Crippen LogP contribution in [0.4, 0.5) is 0 Å². The van der Waals surface area contributed by atoms with Gasteiger partial charge in [-0.05, 0) is 37.6 Å². The zero-order chi connectivity index (χ0) is 15.3. The highest BCUT2D eigenvalue weighted by molar-refractivity contribution is 6.06. The number of rotatable bonds is 2. The number of aromatic nitrogens is 3. The summed E-state index contributed by atoms with van der Waals surface area (Å²) in [4.78, 5) is 28.8. The molecule has 0 saturated carbocycles. The quantitative estimate of drug-likeness (QED) is 0.677. The van der Waals surface area contributed by atoms with Crippen LogP contribution in [0.15, 0.2) is 29.8 Å². The predicted molar refractivity (Wildman–Crippen MR) is 82.8 cm³/mol. The van der Waals surface area contributed by atoms with Crippen molar-refractivity contribution in [1.29, 1.82) is 0 Å². The summed E-state index contributed by atoms with van der Waals surface area (Å²) in [6.45, 7) is 7.09. The second-order valence-electron chi connectivity index (χ2n) is 5.16. The Bertz CT molecular complexity index is 977. The van der Waals surface area contributed by atoms with Crippen LogP contribution in [0.3, 0.4) is 0 Å². The van der Waals surface area contributed by atoms with Gasteiger partial charge in [-0.1, -0.05) is 6.58 Å². The number of fused-ring (bicyclic) bond motifs is 3. The Morgan fingerprint density at radius 3 is 2.71 bits per heavy atom. The second kappa shape index (κ2) is 4.41. The molecular weight excluding hydrogens is 266 g/mol. The Morgan fingerprint density at radius 1 is 1.38 bits per heavy atom. The van der Waals surface area contributed by atoms with Gasteiger partial charge in [-0.2, -0.15) is 0 Å². The van der Waals surface area contributed by atoms with Crippen molar-refractivity contribution in [2.24, 2.45) is 7.05 Å². The molecule has 106 valence electrons. The van der Waals surface area contributed by atoms with Crippen LogP contribution < -0.4 is 5.56 Å². The van der Waals surface area contributed by atoms with Gasteiger partial charge in [0, 0.05) is 12.6 Å². The van der Waals surface area contributed by atoms with E-state index in [2.05, 4.69) is 11.6 Å². The fourth-order valence-corrected chi connectivity index (χ4v) is 2.74. The summed E-state index contributed by atoms with van der Waals surface area (Å²) in [5, 5.41) is 0.517. The molecule has 0 saturated heterocycles. The number of hydrogen-bond acceptors (Lipinski definition) is 3. The van der Waals surface area contributed by atoms with Gasteiger partial charge in [0.05, 0.1) is 10.9 Å². The van der Waals surface area contributed by atoms with Gasteiger partial charge in [0.2, 0.25) is 0 Å². The first kappa shape index (κ1) is 13.3. The van der Waals surface area contributed by atoms with Gasteiger partial charge in [-0.25, -0.2) is 4.98 Å². The van der Waals surface area contributed by atoms with Crippen LogP contribution in [0.5, 0.6) is 0 Å². The fourth-order valence-electron chi connectivity index (χ4n) is 2.74. The number of benzene rings is 1. The van der Waals surface area contributed by atoms with Crippen LogP contribution in [-0.4, -0.2) is 19.7 Å². The van der Waals surface area contributed by atoms with Gasteiger partial charge in [-0.3, -0.25) is 18.6 Å². The molecule has 0 atom stereocenters. The van der Waals surface area contributed by atoms with E-state index in [0.717, 1.165) is 5.56 Å². The minimum Gasteiger partial charge on any atom is -0.295 e. The number of Topliss-reactive ketones (excluding diaryl/α,β-unsaturated/α-hetero) is 1. The third kappa shape index (κ3) is 1.74. The molecule has 0 fully saturated rings. The van der Waals surface area contributed by atoms with Gasteiger partial charge in [0.15, 0.2) is 5.78 Å². The van der Waals surface area contributed by atoms with Crippen LogP contribution in [-0.2, 0) is 7.05 Å². The third-order valence-corrected chi connectivity index (χ3v) is 3.69.